The Morgan fingerprint density at radius 2 is 1.44 bits per heavy atom. The van der Waals surface area contributed by atoms with Crippen LogP contribution in [-0.2, 0) is 6.54 Å². The third-order valence-corrected chi connectivity index (χ3v) is 4.66. The largest absolute Gasteiger partial charge is 0.340 e. The summed E-state index contributed by atoms with van der Waals surface area (Å²) in [6.45, 7) is 5.08. The second-order valence-corrected chi connectivity index (χ2v) is 6.46. The van der Waals surface area contributed by atoms with E-state index in [-0.39, 0.29) is 5.43 Å². The van der Waals surface area contributed by atoms with Crippen LogP contribution in [0.2, 0.25) is 0 Å². The predicted molar refractivity (Wildman–Crippen MR) is 106 cm³/mol. The molecule has 2 aromatic carbocycles. The molecule has 0 aliphatic rings. The van der Waals surface area contributed by atoms with Crippen molar-refractivity contribution in [3.05, 3.63) is 82.5 Å². The van der Waals surface area contributed by atoms with Gasteiger partial charge in [-0.05, 0) is 24.5 Å². The van der Waals surface area contributed by atoms with Gasteiger partial charge in [0.15, 0.2) is 5.43 Å². The Balaban J connectivity index is 2.24. The summed E-state index contributed by atoms with van der Waals surface area (Å²) in [7, 11) is 0. The van der Waals surface area contributed by atoms with Crippen molar-refractivity contribution in [3.8, 4) is 22.5 Å². The first-order valence-electron chi connectivity index (χ1n) is 9.07. The van der Waals surface area contributed by atoms with Gasteiger partial charge in [0.05, 0.1) is 11.4 Å². The van der Waals surface area contributed by atoms with E-state index < -0.39 is 0 Å². The summed E-state index contributed by atoms with van der Waals surface area (Å²) in [6, 6.07) is 22.3. The molecule has 0 spiro atoms. The minimum Gasteiger partial charge on any atom is -0.340 e. The molecule has 2 heteroatoms. The fourth-order valence-electron chi connectivity index (χ4n) is 3.32. The van der Waals surface area contributed by atoms with E-state index in [1.54, 1.807) is 6.07 Å². The molecule has 0 N–H and O–H groups in total. The van der Waals surface area contributed by atoms with Gasteiger partial charge in [0.1, 0.15) is 0 Å². The van der Waals surface area contributed by atoms with Crippen molar-refractivity contribution in [2.24, 2.45) is 0 Å². The zero-order valence-corrected chi connectivity index (χ0v) is 15.0. The van der Waals surface area contributed by atoms with Crippen LogP contribution in [0.15, 0.2) is 71.5 Å². The number of aromatic nitrogens is 1. The molecule has 0 aliphatic carbocycles. The number of pyridine rings is 1. The van der Waals surface area contributed by atoms with E-state index in [0.717, 1.165) is 41.0 Å². The molecule has 0 atom stereocenters. The summed E-state index contributed by atoms with van der Waals surface area (Å²) in [5.41, 5.74) is 5.17. The van der Waals surface area contributed by atoms with Crippen LogP contribution in [0.4, 0.5) is 0 Å². The normalized spacial score (nSPS) is 10.8. The van der Waals surface area contributed by atoms with Gasteiger partial charge in [-0.15, -0.1) is 0 Å². The van der Waals surface area contributed by atoms with Crippen molar-refractivity contribution in [1.29, 1.82) is 0 Å². The van der Waals surface area contributed by atoms with Gasteiger partial charge in [0.25, 0.3) is 0 Å². The standard InChI is InChI=1S/C23H25NO/c1-3-4-11-16-24-21(19-12-7-5-8-13-19)17-22(25)18(2)23(24)20-14-9-6-10-15-20/h5-10,12-15,17H,3-4,11,16H2,1-2H3. The molecule has 0 saturated carbocycles. The quantitative estimate of drug-likeness (QED) is 0.533. The van der Waals surface area contributed by atoms with Crippen molar-refractivity contribution in [2.45, 2.75) is 39.7 Å². The topological polar surface area (TPSA) is 22.0 Å². The molecule has 0 aliphatic heterocycles. The second-order valence-electron chi connectivity index (χ2n) is 6.46. The van der Waals surface area contributed by atoms with Crippen LogP contribution in [0.5, 0.6) is 0 Å². The first-order valence-corrected chi connectivity index (χ1v) is 9.07. The summed E-state index contributed by atoms with van der Waals surface area (Å²) in [6.07, 6.45) is 3.48. The Hall–Kier alpha value is -2.61. The fourth-order valence-corrected chi connectivity index (χ4v) is 3.32. The molecule has 128 valence electrons. The Labute approximate surface area is 149 Å². The van der Waals surface area contributed by atoms with Crippen LogP contribution in [-0.4, -0.2) is 4.57 Å². The van der Waals surface area contributed by atoms with Gasteiger partial charge >= 0.3 is 0 Å². The third kappa shape index (κ3) is 3.74. The highest BCUT2D eigenvalue weighted by molar-refractivity contribution is 5.70. The summed E-state index contributed by atoms with van der Waals surface area (Å²) in [5, 5.41) is 0. The average molecular weight is 331 g/mol. The minimum atomic E-state index is 0.101. The minimum absolute atomic E-state index is 0.101. The molecule has 0 radical (unpaired) electrons. The lowest BCUT2D eigenvalue weighted by molar-refractivity contribution is 0.606. The molecule has 1 heterocycles. The summed E-state index contributed by atoms with van der Waals surface area (Å²) in [4.78, 5) is 12.7. The molecule has 0 bridgehead atoms. The highest BCUT2D eigenvalue weighted by Crippen LogP contribution is 2.28. The zero-order chi connectivity index (χ0) is 17.6. The van der Waals surface area contributed by atoms with Crippen LogP contribution in [0, 0.1) is 6.92 Å². The molecule has 25 heavy (non-hydrogen) atoms. The zero-order valence-electron chi connectivity index (χ0n) is 15.0. The van der Waals surface area contributed by atoms with E-state index in [1.807, 2.05) is 43.3 Å². The number of nitrogens with zero attached hydrogens (tertiary/aromatic N) is 1. The van der Waals surface area contributed by atoms with Crippen molar-refractivity contribution in [2.75, 3.05) is 0 Å². The van der Waals surface area contributed by atoms with Crippen LogP contribution in [0.25, 0.3) is 22.5 Å². The van der Waals surface area contributed by atoms with Gasteiger partial charge in [-0.25, -0.2) is 0 Å². The number of hydrogen-bond acceptors (Lipinski definition) is 1. The molecule has 3 rings (SSSR count). The molecule has 0 amide bonds. The number of hydrogen-bond donors (Lipinski definition) is 0. The summed E-state index contributed by atoms with van der Waals surface area (Å²) in [5.74, 6) is 0. The molecular formula is C23H25NO. The number of rotatable bonds is 6. The van der Waals surface area contributed by atoms with Crippen molar-refractivity contribution >= 4 is 0 Å². The summed E-state index contributed by atoms with van der Waals surface area (Å²) < 4.78 is 2.33. The van der Waals surface area contributed by atoms with Gasteiger partial charge in [-0.1, -0.05) is 80.4 Å². The van der Waals surface area contributed by atoms with Crippen LogP contribution in [0.3, 0.4) is 0 Å². The first-order chi connectivity index (χ1) is 12.2. The SMILES string of the molecule is CCCCCn1c(-c2ccccc2)cc(=O)c(C)c1-c1ccccc1. The van der Waals surface area contributed by atoms with E-state index in [4.69, 9.17) is 0 Å². The number of benzene rings is 2. The van der Waals surface area contributed by atoms with Crippen molar-refractivity contribution in [3.63, 3.8) is 0 Å². The lowest BCUT2D eigenvalue weighted by Crippen LogP contribution is -2.17. The maximum Gasteiger partial charge on any atom is 0.185 e. The second kappa shape index (κ2) is 7.98. The Morgan fingerprint density at radius 1 is 0.840 bits per heavy atom. The summed E-state index contributed by atoms with van der Waals surface area (Å²) >= 11 is 0. The number of unbranched alkanes of at least 4 members (excludes halogenated alkanes) is 2. The van der Waals surface area contributed by atoms with Crippen molar-refractivity contribution < 1.29 is 0 Å². The van der Waals surface area contributed by atoms with Gasteiger partial charge in [-0.3, -0.25) is 4.79 Å². The monoisotopic (exact) mass is 331 g/mol. The van der Waals surface area contributed by atoms with Gasteiger partial charge in [-0.2, -0.15) is 0 Å². The molecule has 0 saturated heterocycles. The lowest BCUT2D eigenvalue weighted by atomic mass is 10.0. The van der Waals surface area contributed by atoms with Crippen molar-refractivity contribution in [1.82, 2.24) is 4.57 Å². The predicted octanol–water partition coefficient (Wildman–Crippen LogP) is 5.68. The van der Waals surface area contributed by atoms with Gasteiger partial charge in [0.2, 0.25) is 0 Å². The van der Waals surface area contributed by atoms with Gasteiger partial charge in [0, 0.05) is 18.2 Å². The van der Waals surface area contributed by atoms with Crippen LogP contribution < -0.4 is 5.43 Å². The maximum atomic E-state index is 12.7. The lowest BCUT2D eigenvalue weighted by Gasteiger charge is -2.21. The van der Waals surface area contributed by atoms with Gasteiger partial charge < -0.3 is 4.57 Å². The average Bonchev–Trinajstić information content (AvgIpc) is 2.66. The first kappa shape index (κ1) is 17.2. The van der Waals surface area contributed by atoms with E-state index in [2.05, 4.69) is 35.8 Å². The molecule has 0 unspecified atom stereocenters. The van der Waals surface area contributed by atoms with Crippen LogP contribution in [0.1, 0.15) is 31.7 Å². The molecule has 3 aromatic rings. The fraction of sp³-hybridized carbons (Fsp3) is 0.261. The Morgan fingerprint density at radius 3 is 2.04 bits per heavy atom. The van der Waals surface area contributed by atoms with Crippen LogP contribution >= 0.6 is 0 Å². The maximum absolute atomic E-state index is 12.7. The smallest absolute Gasteiger partial charge is 0.185 e. The Bertz CT molecular complexity index is 879. The Kier molecular flexibility index (Phi) is 5.49. The molecular weight excluding hydrogens is 306 g/mol. The highest BCUT2D eigenvalue weighted by atomic mass is 16.1. The highest BCUT2D eigenvalue weighted by Gasteiger charge is 2.15. The third-order valence-electron chi connectivity index (χ3n) is 4.66. The van der Waals surface area contributed by atoms with E-state index >= 15 is 0 Å². The van der Waals surface area contributed by atoms with E-state index in [1.165, 1.54) is 12.8 Å². The molecule has 0 fully saturated rings. The molecule has 1 aromatic heterocycles. The van der Waals surface area contributed by atoms with E-state index in [9.17, 15) is 4.79 Å². The van der Waals surface area contributed by atoms with E-state index in [0.29, 0.717) is 0 Å². The molecule has 2 nitrogen and oxygen atoms in total.